The monoisotopic (exact) mass is 340 g/mol. The van der Waals surface area contributed by atoms with Gasteiger partial charge in [-0.2, -0.15) is 0 Å². The van der Waals surface area contributed by atoms with Gasteiger partial charge in [-0.1, -0.05) is 11.6 Å². The van der Waals surface area contributed by atoms with Gasteiger partial charge >= 0.3 is 0 Å². The fraction of sp³-hybridized carbons (Fsp3) is 0.650. The van der Waals surface area contributed by atoms with Gasteiger partial charge in [0.1, 0.15) is 0 Å². The molecule has 1 aromatic heterocycles. The number of anilines is 1. The van der Waals surface area contributed by atoms with Crippen molar-refractivity contribution in [1.29, 1.82) is 0 Å². The maximum absolute atomic E-state index is 12.5. The van der Waals surface area contributed by atoms with E-state index in [9.17, 15) is 4.79 Å². The molecule has 25 heavy (non-hydrogen) atoms. The van der Waals surface area contributed by atoms with Crippen molar-refractivity contribution in [2.45, 2.75) is 57.4 Å². The molecule has 0 unspecified atom stereocenters. The lowest BCUT2D eigenvalue weighted by Gasteiger charge is -2.47. The van der Waals surface area contributed by atoms with E-state index in [1.807, 2.05) is 18.5 Å². The van der Waals surface area contributed by atoms with E-state index in [0.717, 1.165) is 44.8 Å². The quantitative estimate of drug-likeness (QED) is 0.790. The lowest BCUT2D eigenvalue weighted by Crippen LogP contribution is -2.56. The van der Waals surface area contributed by atoms with Crippen LogP contribution in [0.25, 0.3) is 0 Å². The predicted molar refractivity (Wildman–Crippen MR) is 98.3 cm³/mol. The van der Waals surface area contributed by atoms with Gasteiger partial charge in [-0.05, 0) is 56.9 Å². The summed E-state index contributed by atoms with van der Waals surface area (Å²) in [4.78, 5) is 25.8. The summed E-state index contributed by atoms with van der Waals surface area (Å²) in [6.07, 6.45) is 14.9. The van der Waals surface area contributed by atoms with Crippen molar-refractivity contribution in [2.75, 3.05) is 24.5 Å². The standard InChI is InChI=1S/C20H28N4O/c25-19-8-7-17-15-23(20-21-11-4-12-22-20)13-10-18(17)24(19)14-9-16-5-2-1-3-6-16/h4-5,11-12,17-18H,1-3,6-10,13-15H2/t17-,18+/m1/s1. The molecule has 5 nitrogen and oxygen atoms in total. The molecular weight excluding hydrogens is 312 g/mol. The number of allylic oxidation sites excluding steroid dienone is 1. The second-order valence-electron chi connectivity index (χ2n) is 7.59. The summed E-state index contributed by atoms with van der Waals surface area (Å²) in [5.74, 6) is 1.74. The van der Waals surface area contributed by atoms with Crippen molar-refractivity contribution < 1.29 is 4.79 Å². The first-order chi connectivity index (χ1) is 12.3. The van der Waals surface area contributed by atoms with E-state index in [1.54, 1.807) is 5.57 Å². The number of rotatable bonds is 4. The van der Waals surface area contributed by atoms with E-state index in [-0.39, 0.29) is 0 Å². The van der Waals surface area contributed by atoms with Crippen molar-refractivity contribution in [3.8, 4) is 0 Å². The highest BCUT2D eigenvalue weighted by Gasteiger charge is 2.39. The first-order valence-electron chi connectivity index (χ1n) is 9.80. The van der Waals surface area contributed by atoms with Crippen molar-refractivity contribution in [1.82, 2.24) is 14.9 Å². The van der Waals surface area contributed by atoms with Gasteiger partial charge in [-0.25, -0.2) is 9.97 Å². The smallest absolute Gasteiger partial charge is 0.225 e. The number of carbonyl (C=O) groups is 1. The van der Waals surface area contributed by atoms with Crippen LogP contribution in [0.15, 0.2) is 30.1 Å². The van der Waals surface area contributed by atoms with Crippen LogP contribution in [0.5, 0.6) is 0 Å². The Balaban J connectivity index is 1.40. The zero-order valence-electron chi connectivity index (χ0n) is 14.9. The Kier molecular flexibility index (Phi) is 4.99. The molecule has 1 amide bonds. The third-order valence-electron chi connectivity index (χ3n) is 6.04. The molecule has 4 rings (SSSR count). The molecule has 2 fully saturated rings. The maximum Gasteiger partial charge on any atom is 0.225 e. The molecule has 1 aliphatic carbocycles. The number of piperidine rings is 2. The average molecular weight is 340 g/mol. The second kappa shape index (κ2) is 7.54. The zero-order chi connectivity index (χ0) is 17.1. The van der Waals surface area contributed by atoms with Gasteiger partial charge in [0.25, 0.3) is 0 Å². The summed E-state index contributed by atoms with van der Waals surface area (Å²) in [5.41, 5.74) is 1.57. The molecule has 0 spiro atoms. The third kappa shape index (κ3) is 3.70. The van der Waals surface area contributed by atoms with Gasteiger partial charge in [-0.15, -0.1) is 0 Å². The van der Waals surface area contributed by atoms with E-state index < -0.39 is 0 Å². The van der Waals surface area contributed by atoms with Crippen molar-refractivity contribution in [3.63, 3.8) is 0 Å². The predicted octanol–water partition coefficient (Wildman–Crippen LogP) is 3.18. The Morgan fingerprint density at radius 3 is 2.80 bits per heavy atom. The third-order valence-corrected chi connectivity index (χ3v) is 6.04. The molecule has 134 valence electrons. The highest BCUT2D eigenvalue weighted by atomic mass is 16.2. The summed E-state index contributed by atoms with van der Waals surface area (Å²) < 4.78 is 0. The largest absolute Gasteiger partial charge is 0.340 e. The van der Waals surface area contributed by atoms with Crippen LogP contribution < -0.4 is 4.90 Å². The normalized spacial score (nSPS) is 27.0. The van der Waals surface area contributed by atoms with Crippen LogP contribution in [0, 0.1) is 5.92 Å². The number of fused-ring (bicyclic) bond motifs is 1. The first kappa shape index (κ1) is 16.6. The van der Waals surface area contributed by atoms with Crippen LogP contribution in [0.3, 0.4) is 0 Å². The minimum atomic E-state index is 0.363. The number of carbonyl (C=O) groups excluding carboxylic acids is 1. The molecule has 3 aliphatic rings. The molecule has 1 aromatic rings. The van der Waals surface area contributed by atoms with Gasteiger partial charge in [0.05, 0.1) is 0 Å². The van der Waals surface area contributed by atoms with E-state index in [4.69, 9.17) is 0 Å². The number of likely N-dealkylation sites (tertiary alicyclic amines) is 1. The summed E-state index contributed by atoms with van der Waals surface area (Å²) in [6, 6.07) is 2.27. The van der Waals surface area contributed by atoms with E-state index >= 15 is 0 Å². The number of hydrogen-bond acceptors (Lipinski definition) is 4. The highest BCUT2D eigenvalue weighted by Crippen LogP contribution is 2.33. The lowest BCUT2D eigenvalue weighted by atomic mass is 9.83. The molecule has 3 heterocycles. The molecule has 2 atom stereocenters. The van der Waals surface area contributed by atoms with Gasteiger partial charge in [0.2, 0.25) is 11.9 Å². The van der Waals surface area contributed by atoms with Crippen LogP contribution >= 0.6 is 0 Å². The molecule has 2 saturated heterocycles. The maximum atomic E-state index is 12.5. The van der Waals surface area contributed by atoms with E-state index in [0.29, 0.717) is 24.3 Å². The summed E-state index contributed by atoms with van der Waals surface area (Å²) >= 11 is 0. The second-order valence-corrected chi connectivity index (χ2v) is 7.59. The van der Waals surface area contributed by atoms with E-state index in [2.05, 4.69) is 25.8 Å². The van der Waals surface area contributed by atoms with Gasteiger partial charge < -0.3 is 9.80 Å². The van der Waals surface area contributed by atoms with Gasteiger partial charge in [-0.3, -0.25) is 4.79 Å². The Morgan fingerprint density at radius 1 is 1.12 bits per heavy atom. The van der Waals surface area contributed by atoms with Crippen LogP contribution in [0.1, 0.15) is 51.4 Å². The fourth-order valence-electron chi connectivity index (χ4n) is 4.67. The molecule has 0 N–H and O–H groups in total. The molecule has 2 aliphatic heterocycles. The van der Waals surface area contributed by atoms with Crippen LogP contribution in [-0.2, 0) is 4.79 Å². The van der Waals surface area contributed by atoms with Gasteiger partial charge in [0.15, 0.2) is 0 Å². The van der Waals surface area contributed by atoms with Gasteiger partial charge in [0, 0.05) is 44.5 Å². The number of hydrogen-bond donors (Lipinski definition) is 0. The molecule has 0 bridgehead atoms. The average Bonchev–Trinajstić information content (AvgIpc) is 2.68. The van der Waals surface area contributed by atoms with Crippen LogP contribution in [0.2, 0.25) is 0 Å². The Labute approximate surface area is 150 Å². The summed E-state index contributed by atoms with van der Waals surface area (Å²) in [6.45, 7) is 2.83. The number of nitrogens with zero attached hydrogens (tertiary/aromatic N) is 4. The molecule has 0 saturated carbocycles. The Hall–Kier alpha value is -1.91. The topological polar surface area (TPSA) is 49.3 Å². The first-order valence-corrected chi connectivity index (χ1v) is 9.80. The number of aromatic nitrogens is 2. The minimum Gasteiger partial charge on any atom is -0.340 e. The SMILES string of the molecule is O=C1CC[C@@H]2CN(c3ncccn3)CC[C@@H]2N1CCC1=CCCCC1. The molecule has 5 heteroatoms. The molecular formula is C20H28N4O. The fourth-order valence-corrected chi connectivity index (χ4v) is 4.67. The van der Waals surface area contributed by atoms with E-state index in [1.165, 1.54) is 25.7 Å². The zero-order valence-corrected chi connectivity index (χ0v) is 14.9. The summed E-state index contributed by atoms with van der Waals surface area (Å²) in [7, 11) is 0. The van der Waals surface area contributed by atoms with Crippen molar-refractivity contribution in [3.05, 3.63) is 30.1 Å². The van der Waals surface area contributed by atoms with Crippen molar-refractivity contribution in [2.24, 2.45) is 5.92 Å². The molecule has 0 radical (unpaired) electrons. The van der Waals surface area contributed by atoms with Crippen LogP contribution in [-0.4, -0.2) is 46.5 Å². The minimum absolute atomic E-state index is 0.363. The lowest BCUT2D eigenvalue weighted by molar-refractivity contribution is -0.139. The summed E-state index contributed by atoms with van der Waals surface area (Å²) in [5, 5.41) is 0. The Morgan fingerprint density at radius 2 is 2.00 bits per heavy atom. The number of amides is 1. The van der Waals surface area contributed by atoms with Crippen molar-refractivity contribution >= 4 is 11.9 Å². The highest BCUT2D eigenvalue weighted by molar-refractivity contribution is 5.77. The molecule has 0 aromatic carbocycles. The Bertz CT molecular complexity index is 630. The van der Waals surface area contributed by atoms with Crippen LogP contribution in [0.4, 0.5) is 5.95 Å².